The van der Waals surface area contributed by atoms with Crippen LogP contribution in [0.15, 0.2) is 12.3 Å². The number of nitrogens with zero attached hydrogens (tertiary/aromatic N) is 1. The van der Waals surface area contributed by atoms with E-state index in [1.165, 1.54) is 6.20 Å². The van der Waals surface area contributed by atoms with Crippen LogP contribution in [-0.4, -0.2) is 35.6 Å². The third-order valence-corrected chi connectivity index (χ3v) is 2.83. The largest absolute Gasteiger partial charge is 0.478 e. The second kappa shape index (κ2) is 5.69. The SMILES string of the molecule is CNC(=O)C(C)(C)CNc1cc(C)ncc1C(=O)O. The van der Waals surface area contributed by atoms with Gasteiger partial charge in [0, 0.05) is 25.5 Å². The van der Waals surface area contributed by atoms with Crippen LogP contribution in [0, 0.1) is 12.3 Å². The van der Waals surface area contributed by atoms with E-state index in [2.05, 4.69) is 15.6 Å². The average Bonchev–Trinajstić information content (AvgIpc) is 2.35. The summed E-state index contributed by atoms with van der Waals surface area (Å²) in [5, 5.41) is 14.7. The van der Waals surface area contributed by atoms with Crippen molar-refractivity contribution in [2.24, 2.45) is 5.41 Å². The molecule has 0 saturated heterocycles. The molecule has 1 heterocycles. The fourth-order valence-electron chi connectivity index (χ4n) is 1.61. The van der Waals surface area contributed by atoms with Gasteiger partial charge in [0.05, 0.1) is 11.1 Å². The number of aromatic carboxylic acids is 1. The van der Waals surface area contributed by atoms with Crippen LogP contribution in [0.4, 0.5) is 5.69 Å². The van der Waals surface area contributed by atoms with Gasteiger partial charge in [-0.25, -0.2) is 4.79 Å². The highest BCUT2D eigenvalue weighted by molar-refractivity contribution is 5.94. The number of nitrogens with one attached hydrogen (secondary N) is 2. The van der Waals surface area contributed by atoms with E-state index in [1.807, 2.05) is 0 Å². The Hall–Kier alpha value is -2.11. The molecule has 0 aromatic carbocycles. The molecule has 0 saturated carbocycles. The van der Waals surface area contributed by atoms with Crippen molar-refractivity contribution in [3.8, 4) is 0 Å². The van der Waals surface area contributed by atoms with Crippen molar-refractivity contribution in [3.63, 3.8) is 0 Å². The summed E-state index contributed by atoms with van der Waals surface area (Å²) in [4.78, 5) is 26.7. The van der Waals surface area contributed by atoms with Gasteiger partial charge in [-0.3, -0.25) is 9.78 Å². The maximum Gasteiger partial charge on any atom is 0.339 e. The lowest BCUT2D eigenvalue weighted by Crippen LogP contribution is -2.39. The Labute approximate surface area is 112 Å². The van der Waals surface area contributed by atoms with Gasteiger partial charge < -0.3 is 15.7 Å². The quantitative estimate of drug-likeness (QED) is 0.745. The molecule has 0 spiro atoms. The van der Waals surface area contributed by atoms with Crippen molar-refractivity contribution < 1.29 is 14.7 Å². The molecule has 0 aliphatic heterocycles. The standard InChI is InChI=1S/C13H19N3O3/c1-8-5-10(9(6-15-8)11(17)18)16-7-13(2,3)12(19)14-4/h5-6H,7H2,1-4H3,(H,14,19)(H,15,16)(H,17,18). The summed E-state index contributed by atoms with van der Waals surface area (Å²) < 4.78 is 0. The highest BCUT2D eigenvalue weighted by atomic mass is 16.4. The summed E-state index contributed by atoms with van der Waals surface area (Å²) in [6.07, 6.45) is 1.31. The molecular weight excluding hydrogens is 246 g/mol. The number of amides is 1. The predicted octanol–water partition coefficient (Wildman–Crippen LogP) is 1.27. The third-order valence-electron chi connectivity index (χ3n) is 2.83. The first kappa shape index (κ1) is 14.9. The Morgan fingerprint density at radius 2 is 2.05 bits per heavy atom. The summed E-state index contributed by atoms with van der Waals surface area (Å²) in [5.41, 5.74) is 0.641. The predicted molar refractivity (Wildman–Crippen MR) is 72.3 cm³/mol. The lowest BCUT2D eigenvalue weighted by atomic mass is 9.92. The van der Waals surface area contributed by atoms with E-state index in [0.29, 0.717) is 17.9 Å². The van der Waals surface area contributed by atoms with Crippen LogP contribution in [0.5, 0.6) is 0 Å². The van der Waals surface area contributed by atoms with Crippen LogP contribution < -0.4 is 10.6 Å². The Balaban J connectivity index is 2.91. The third kappa shape index (κ3) is 3.67. The number of aryl methyl sites for hydroxylation is 1. The van der Waals surface area contributed by atoms with Gasteiger partial charge in [-0.05, 0) is 26.8 Å². The fourth-order valence-corrected chi connectivity index (χ4v) is 1.61. The van der Waals surface area contributed by atoms with Crippen LogP contribution in [0.25, 0.3) is 0 Å². The number of anilines is 1. The van der Waals surface area contributed by atoms with Crippen LogP contribution in [0.2, 0.25) is 0 Å². The summed E-state index contributed by atoms with van der Waals surface area (Å²) in [7, 11) is 1.57. The first-order valence-corrected chi connectivity index (χ1v) is 5.94. The Morgan fingerprint density at radius 1 is 1.42 bits per heavy atom. The highest BCUT2D eigenvalue weighted by Gasteiger charge is 2.26. The molecule has 0 radical (unpaired) electrons. The van der Waals surface area contributed by atoms with Gasteiger partial charge in [0.25, 0.3) is 0 Å². The van der Waals surface area contributed by atoms with Crippen molar-refractivity contribution in [2.75, 3.05) is 18.9 Å². The van der Waals surface area contributed by atoms with Gasteiger partial charge in [0.1, 0.15) is 5.56 Å². The van der Waals surface area contributed by atoms with Gasteiger partial charge >= 0.3 is 5.97 Å². The molecule has 6 heteroatoms. The van der Waals surface area contributed by atoms with Gasteiger partial charge in [-0.2, -0.15) is 0 Å². The van der Waals surface area contributed by atoms with Crippen molar-refractivity contribution >= 4 is 17.6 Å². The van der Waals surface area contributed by atoms with E-state index in [0.717, 1.165) is 0 Å². The number of carboxylic acids is 1. The molecule has 3 N–H and O–H groups in total. The molecule has 0 atom stereocenters. The first-order valence-electron chi connectivity index (χ1n) is 5.94. The summed E-state index contributed by atoms with van der Waals surface area (Å²) in [6, 6.07) is 1.66. The molecule has 1 aromatic heterocycles. The topological polar surface area (TPSA) is 91.3 Å². The minimum Gasteiger partial charge on any atom is -0.478 e. The number of carbonyl (C=O) groups excluding carboxylic acids is 1. The maximum absolute atomic E-state index is 11.7. The summed E-state index contributed by atoms with van der Waals surface area (Å²) in [6.45, 7) is 5.68. The zero-order valence-electron chi connectivity index (χ0n) is 11.6. The van der Waals surface area contributed by atoms with Crippen molar-refractivity contribution in [1.82, 2.24) is 10.3 Å². The van der Waals surface area contributed by atoms with Crippen molar-refractivity contribution in [1.29, 1.82) is 0 Å². The molecule has 0 unspecified atom stereocenters. The van der Waals surface area contributed by atoms with E-state index in [4.69, 9.17) is 5.11 Å². The number of pyridine rings is 1. The molecular formula is C13H19N3O3. The zero-order valence-corrected chi connectivity index (χ0v) is 11.6. The average molecular weight is 265 g/mol. The number of carbonyl (C=O) groups is 2. The fraction of sp³-hybridized carbons (Fsp3) is 0.462. The Kier molecular flexibility index (Phi) is 4.47. The van der Waals surface area contributed by atoms with Crippen LogP contribution >= 0.6 is 0 Å². The van der Waals surface area contributed by atoms with Crippen molar-refractivity contribution in [2.45, 2.75) is 20.8 Å². The number of carboxylic acid groups (broad SMARTS) is 1. The lowest BCUT2D eigenvalue weighted by Gasteiger charge is -2.24. The van der Waals surface area contributed by atoms with E-state index in [-0.39, 0.29) is 11.5 Å². The molecule has 19 heavy (non-hydrogen) atoms. The summed E-state index contributed by atoms with van der Waals surface area (Å²) >= 11 is 0. The van der Waals surface area contributed by atoms with Crippen molar-refractivity contribution in [3.05, 3.63) is 23.5 Å². The molecule has 1 aromatic rings. The Morgan fingerprint density at radius 3 is 2.58 bits per heavy atom. The summed E-state index contributed by atoms with van der Waals surface area (Å²) in [5.74, 6) is -1.16. The molecule has 6 nitrogen and oxygen atoms in total. The molecule has 0 aliphatic carbocycles. The Bertz CT molecular complexity index is 498. The van der Waals surface area contributed by atoms with Crippen LogP contribution in [-0.2, 0) is 4.79 Å². The molecule has 104 valence electrons. The molecule has 0 bridgehead atoms. The van der Waals surface area contributed by atoms with E-state index in [9.17, 15) is 9.59 Å². The smallest absolute Gasteiger partial charge is 0.339 e. The highest BCUT2D eigenvalue weighted by Crippen LogP contribution is 2.20. The van der Waals surface area contributed by atoms with E-state index < -0.39 is 11.4 Å². The monoisotopic (exact) mass is 265 g/mol. The second-order valence-electron chi connectivity index (χ2n) is 4.99. The van der Waals surface area contributed by atoms with Crippen LogP contribution in [0.3, 0.4) is 0 Å². The number of rotatable bonds is 5. The zero-order chi connectivity index (χ0) is 14.6. The van der Waals surface area contributed by atoms with E-state index in [1.54, 1.807) is 33.9 Å². The van der Waals surface area contributed by atoms with Gasteiger partial charge in [0.2, 0.25) is 5.91 Å². The number of aromatic nitrogens is 1. The first-order chi connectivity index (χ1) is 8.77. The van der Waals surface area contributed by atoms with Crippen LogP contribution in [0.1, 0.15) is 29.9 Å². The van der Waals surface area contributed by atoms with Gasteiger partial charge in [0.15, 0.2) is 0 Å². The van der Waals surface area contributed by atoms with Gasteiger partial charge in [-0.1, -0.05) is 0 Å². The minimum absolute atomic E-state index is 0.0957. The number of hydrogen-bond donors (Lipinski definition) is 3. The lowest BCUT2D eigenvalue weighted by molar-refractivity contribution is -0.128. The van der Waals surface area contributed by atoms with E-state index >= 15 is 0 Å². The molecule has 0 fully saturated rings. The van der Waals surface area contributed by atoms with Gasteiger partial charge in [-0.15, -0.1) is 0 Å². The minimum atomic E-state index is -1.05. The second-order valence-corrected chi connectivity index (χ2v) is 4.99. The molecule has 0 aliphatic rings. The maximum atomic E-state index is 11.7. The number of hydrogen-bond acceptors (Lipinski definition) is 4. The molecule has 1 rings (SSSR count). The normalized spacial score (nSPS) is 10.9. The molecule has 1 amide bonds.